The summed E-state index contributed by atoms with van der Waals surface area (Å²) in [5.41, 5.74) is 0. The predicted molar refractivity (Wildman–Crippen MR) is 354 cm³/mol. The number of aliphatic hydroxyl groups is 1. The Labute approximate surface area is 537 Å². The van der Waals surface area contributed by atoms with Crippen molar-refractivity contribution in [2.24, 2.45) is 23.7 Å². The van der Waals surface area contributed by atoms with Crippen molar-refractivity contribution in [2.75, 3.05) is 39.6 Å². The molecule has 522 valence electrons. The molecule has 0 aliphatic heterocycles. The van der Waals surface area contributed by atoms with Crippen LogP contribution < -0.4 is 0 Å². The number of carbonyl (C=O) groups excluding carboxylic acids is 4. The Hall–Kier alpha value is -1.94. The summed E-state index contributed by atoms with van der Waals surface area (Å²) < 4.78 is 68.2. The van der Waals surface area contributed by atoms with Crippen LogP contribution in [0.5, 0.6) is 0 Å². The normalized spacial score (nSPS) is 14.3. The van der Waals surface area contributed by atoms with Crippen LogP contribution in [0.15, 0.2) is 0 Å². The van der Waals surface area contributed by atoms with E-state index in [1.165, 1.54) is 141 Å². The van der Waals surface area contributed by atoms with Crippen LogP contribution in [0.25, 0.3) is 0 Å². The third-order valence-corrected chi connectivity index (χ3v) is 17.7. The highest BCUT2D eigenvalue weighted by Gasteiger charge is 2.30. The van der Waals surface area contributed by atoms with E-state index in [1.54, 1.807) is 0 Å². The van der Waals surface area contributed by atoms with E-state index < -0.39 is 97.5 Å². The van der Waals surface area contributed by atoms with E-state index in [-0.39, 0.29) is 25.7 Å². The summed E-state index contributed by atoms with van der Waals surface area (Å²) in [4.78, 5) is 72.4. The number of esters is 4. The van der Waals surface area contributed by atoms with E-state index in [9.17, 15) is 43.2 Å². The molecule has 0 rings (SSSR count). The van der Waals surface area contributed by atoms with E-state index in [1.807, 2.05) is 0 Å². The fourth-order valence-electron chi connectivity index (χ4n) is 10.3. The molecular formula is C69H134O17P2. The van der Waals surface area contributed by atoms with Gasteiger partial charge >= 0.3 is 39.5 Å². The summed E-state index contributed by atoms with van der Waals surface area (Å²) in [6.45, 7) is 14.0. The third-order valence-electron chi connectivity index (χ3n) is 15.8. The zero-order chi connectivity index (χ0) is 65.4. The molecule has 17 nitrogen and oxygen atoms in total. The molecule has 0 fully saturated rings. The van der Waals surface area contributed by atoms with E-state index >= 15 is 0 Å². The second-order valence-electron chi connectivity index (χ2n) is 26.8. The maximum absolute atomic E-state index is 13.0. The number of ether oxygens (including phenoxy) is 4. The molecule has 0 aliphatic carbocycles. The molecule has 0 amide bonds. The molecule has 0 radical (unpaired) electrons. The first-order chi connectivity index (χ1) is 42.1. The van der Waals surface area contributed by atoms with Crippen LogP contribution in [-0.4, -0.2) is 96.7 Å². The van der Waals surface area contributed by atoms with Gasteiger partial charge < -0.3 is 33.8 Å². The molecular weight excluding hydrogens is 1160 g/mol. The van der Waals surface area contributed by atoms with Crippen LogP contribution in [0.1, 0.15) is 338 Å². The maximum atomic E-state index is 13.0. The Kier molecular flexibility index (Phi) is 57.6. The first-order valence-corrected chi connectivity index (χ1v) is 38.7. The Morgan fingerprint density at radius 3 is 0.705 bits per heavy atom. The van der Waals surface area contributed by atoms with Crippen LogP contribution in [0, 0.1) is 23.7 Å². The maximum Gasteiger partial charge on any atom is 0.472 e. The zero-order valence-corrected chi connectivity index (χ0v) is 59.1. The SMILES string of the molecule is CC(C)CCCCCCCCCCCCCCCC(=O)OC[C@H](COP(=O)(O)OCC(O)COP(=O)(O)OC[C@@H](COC(=O)CCCCCCCCCCC(C)C)OC(=O)CCCCCCCCCCC(C)C)OC(=O)CCCCCCCCCC(C)C. The topological polar surface area (TPSA) is 237 Å². The van der Waals surface area contributed by atoms with Crippen molar-refractivity contribution in [3.05, 3.63) is 0 Å². The molecule has 0 aromatic carbocycles. The smallest absolute Gasteiger partial charge is 0.462 e. The van der Waals surface area contributed by atoms with E-state index in [4.69, 9.17) is 37.0 Å². The van der Waals surface area contributed by atoms with E-state index in [0.717, 1.165) is 108 Å². The van der Waals surface area contributed by atoms with Crippen molar-refractivity contribution in [2.45, 2.75) is 356 Å². The van der Waals surface area contributed by atoms with Crippen molar-refractivity contribution >= 4 is 39.5 Å². The minimum atomic E-state index is -4.95. The summed E-state index contributed by atoms with van der Waals surface area (Å²) in [6.07, 6.45) is 40.5. The van der Waals surface area contributed by atoms with Crippen LogP contribution in [0.2, 0.25) is 0 Å². The fourth-order valence-corrected chi connectivity index (χ4v) is 11.9. The molecule has 0 heterocycles. The third kappa shape index (κ3) is 62.8. The monoisotopic (exact) mass is 1300 g/mol. The fraction of sp³-hybridized carbons (Fsp3) is 0.942. The Bertz CT molecular complexity index is 1750. The van der Waals surface area contributed by atoms with Crippen LogP contribution >= 0.6 is 15.6 Å². The van der Waals surface area contributed by atoms with Gasteiger partial charge in [0.1, 0.15) is 19.3 Å². The number of phosphoric ester groups is 2. The van der Waals surface area contributed by atoms with Gasteiger partial charge in [0.25, 0.3) is 0 Å². The van der Waals surface area contributed by atoms with Gasteiger partial charge in [-0.15, -0.1) is 0 Å². The highest BCUT2D eigenvalue weighted by atomic mass is 31.2. The first kappa shape index (κ1) is 86.1. The average molecular weight is 1300 g/mol. The minimum Gasteiger partial charge on any atom is -0.462 e. The van der Waals surface area contributed by atoms with Crippen molar-refractivity contribution in [3.8, 4) is 0 Å². The van der Waals surface area contributed by atoms with Gasteiger partial charge in [-0.1, -0.05) is 287 Å². The van der Waals surface area contributed by atoms with Gasteiger partial charge in [-0.3, -0.25) is 37.3 Å². The highest BCUT2D eigenvalue weighted by molar-refractivity contribution is 7.47. The summed E-state index contributed by atoms with van der Waals surface area (Å²) in [7, 11) is -9.90. The highest BCUT2D eigenvalue weighted by Crippen LogP contribution is 2.45. The number of carbonyl (C=O) groups is 4. The Morgan fingerprint density at radius 2 is 0.477 bits per heavy atom. The van der Waals surface area contributed by atoms with Gasteiger partial charge in [0.2, 0.25) is 0 Å². The summed E-state index contributed by atoms with van der Waals surface area (Å²) in [6, 6.07) is 0. The standard InChI is InChI=1S/C69H134O17P2/c1-59(2)45-37-29-21-14-12-10-9-11-13-15-25-33-41-49-66(71)79-56-65(86-69(74)52-44-36-28-20-24-32-40-48-62(7)8)58-84-88(77,78)82-54-63(70)53-81-87(75,76)83-57-64(85-68(73)51-43-35-27-19-17-23-31-39-47-61(5)6)55-80-67(72)50-42-34-26-18-16-22-30-38-46-60(3)4/h59-65,70H,9-58H2,1-8H3,(H,75,76)(H,77,78)/t63?,64-,65-/m1/s1. The lowest BCUT2D eigenvalue weighted by molar-refractivity contribution is -0.161. The second kappa shape index (κ2) is 58.8. The molecule has 0 saturated heterocycles. The molecule has 0 aromatic heterocycles. The average Bonchev–Trinajstić information content (AvgIpc) is 3.61. The van der Waals surface area contributed by atoms with Crippen molar-refractivity contribution < 1.29 is 80.2 Å². The Morgan fingerprint density at radius 1 is 0.284 bits per heavy atom. The molecule has 0 spiro atoms. The quantitative estimate of drug-likeness (QED) is 0.0222. The van der Waals surface area contributed by atoms with Gasteiger partial charge in [0, 0.05) is 25.7 Å². The second-order valence-corrected chi connectivity index (χ2v) is 29.7. The molecule has 3 N–H and O–H groups in total. The number of rotatable bonds is 66. The lowest BCUT2D eigenvalue weighted by atomic mass is 10.0. The lowest BCUT2D eigenvalue weighted by Gasteiger charge is -2.21. The van der Waals surface area contributed by atoms with Gasteiger partial charge in [-0.25, -0.2) is 9.13 Å². The lowest BCUT2D eigenvalue weighted by Crippen LogP contribution is -2.30. The largest absolute Gasteiger partial charge is 0.472 e. The molecule has 0 aromatic rings. The van der Waals surface area contributed by atoms with Crippen LogP contribution in [0.4, 0.5) is 0 Å². The van der Waals surface area contributed by atoms with Crippen LogP contribution in [0.3, 0.4) is 0 Å². The molecule has 5 atom stereocenters. The molecule has 88 heavy (non-hydrogen) atoms. The Balaban J connectivity index is 5.22. The van der Waals surface area contributed by atoms with Gasteiger partial charge in [0.05, 0.1) is 26.4 Å². The van der Waals surface area contributed by atoms with E-state index in [2.05, 4.69) is 55.4 Å². The van der Waals surface area contributed by atoms with Crippen molar-refractivity contribution in [1.29, 1.82) is 0 Å². The van der Waals surface area contributed by atoms with Crippen LogP contribution in [-0.2, 0) is 65.4 Å². The predicted octanol–water partition coefficient (Wildman–Crippen LogP) is 19.3. The van der Waals surface area contributed by atoms with Crippen molar-refractivity contribution in [1.82, 2.24) is 0 Å². The van der Waals surface area contributed by atoms with E-state index in [0.29, 0.717) is 31.6 Å². The summed E-state index contributed by atoms with van der Waals surface area (Å²) in [5.74, 6) is 0.797. The first-order valence-electron chi connectivity index (χ1n) is 35.7. The molecule has 3 unspecified atom stereocenters. The number of hydrogen-bond donors (Lipinski definition) is 3. The molecule has 0 bridgehead atoms. The summed E-state index contributed by atoms with van der Waals surface area (Å²) >= 11 is 0. The molecule has 0 saturated carbocycles. The zero-order valence-electron chi connectivity index (χ0n) is 57.3. The number of aliphatic hydroxyl groups excluding tert-OH is 1. The number of unbranched alkanes of at least 4 members (excludes halogenated alkanes) is 32. The number of phosphoric acid groups is 2. The minimum absolute atomic E-state index is 0.103. The number of hydrogen-bond acceptors (Lipinski definition) is 15. The summed E-state index contributed by atoms with van der Waals surface area (Å²) in [5, 5.41) is 10.6. The van der Waals surface area contributed by atoms with Gasteiger partial charge in [0.15, 0.2) is 12.2 Å². The van der Waals surface area contributed by atoms with Crippen molar-refractivity contribution in [3.63, 3.8) is 0 Å². The van der Waals surface area contributed by atoms with Gasteiger partial charge in [-0.05, 0) is 49.4 Å². The molecule has 0 aliphatic rings. The van der Waals surface area contributed by atoms with Gasteiger partial charge in [-0.2, -0.15) is 0 Å². The molecule has 19 heteroatoms.